The predicted octanol–water partition coefficient (Wildman–Crippen LogP) is 6.07. The summed E-state index contributed by atoms with van der Waals surface area (Å²) in [5, 5.41) is 0. The number of alkyl halides is 3. The van der Waals surface area contributed by atoms with E-state index in [9.17, 15) is 18.0 Å². The van der Waals surface area contributed by atoms with Gasteiger partial charge < -0.3 is 33.9 Å². The van der Waals surface area contributed by atoms with Crippen molar-refractivity contribution in [2.75, 3.05) is 72.5 Å². The molecule has 1 atom stereocenters. The van der Waals surface area contributed by atoms with Crippen LogP contribution < -0.4 is 19.1 Å². The highest BCUT2D eigenvalue weighted by Gasteiger charge is 2.32. The zero-order valence-corrected chi connectivity index (χ0v) is 26.6. The molecule has 246 valence electrons. The molecule has 1 unspecified atom stereocenters. The van der Waals surface area contributed by atoms with Crippen LogP contribution in [-0.4, -0.2) is 93.3 Å². The Bertz CT molecular complexity index is 1580. The number of fused-ring (bicyclic) bond motifs is 1. The van der Waals surface area contributed by atoms with Crippen molar-refractivity contribution in [3.63, 3.8) is 0 Å². The molecule has 2 heterocycles. The standard InChI is InChI=1S/C34H40F3N5O4/c1-40(32(43)25-20-29(44-2)31(46-4)30(21-25)45-3)22-24(23-9-7-10-26(19-23)34(35,36)37)13-16-41-14-8-15-42(18-17-41)33-38-27-11-5-6-12-28(27)39-33/h5-7,9-12,19-21,24H,8,13-18,22H2,1-4H3,(H,38,39). The molecule has 5 rings (SSSR count). The number of hydrogen-bond donors (Lipinski definition) is 1. The second kappa shape index (κ2) is 14.3. The lowest BCUT2D eigenvalue weighted by Crippen LogP contribution is -2.35. The van der Waals surface area contributed by atoms with Gasteiger partial charge in [0.1, 0.15) is 0 Å². The van der Waals surface area contributed by atoms with Gasteiger partial charge in [-0.15, -0.1) is 0 Å². The molecule has 12 heteroatoms. The van der Waals surface area contributed by atoms with Crippen molar-refractivity contribution >= 4 is 22.9 Å². The second-order valence-electron chi connectivity index (χ2n) is 11.5. The van der Waals surface area contributed by atoms with Crippen molar-refractivity contribution in [2.45, 2.75) is 24.9 Å². The molecule has 0 bridgehead atoms. The lowest BCUT2D eigenvalue weighted by molar-refractivity contribution is -0.137. The molecule has 1 aliphatic rings. The van der Waals surface area contributed by atoms with Gasteiger partial charge in [-0.3, -0.25) is 4.79 Å². The first kappa shape index (κ1) is 32.9. The number of rotatable bonds is 11. The molecule has 1 saturated heterocycles. The topological polar surface area (TPSA) is 83.2 Å². The Balaban J connectivity index is 1.32. The van der Waals surface area contributed by atoms with Gasteiger partial charge >= 0.3 is 6.18 Å². The molecule has 4 aromatic rings. The van der Waals surface area contributed by atoms with Crippen LogP contribution in [0.4, 0.5) is 19.1 Å². The molecule has 1 N–H and O–H groups in total. The van der Waals surface area contributed by atoms with Crippen molar-refractivity contribution in [3.8, 4) is 17.2 Å². The highest BCUT2D eigenvalue weighted by atomic mass is 19.4. The number of nitrogens with one attached hydrogen (secondary N) is 1. The molecule has 1 aliphatic heterocycles. The number of likely N-dealkylation sites (N-methyl/N-ethyl adjacent to an activating group) is 1. The summed E-state index contributed by atoms with van der Waals surface area (Å²) in [4.78, 5) is 27.9. The number of ether oxygens (including phenoxy) is 3. The summed E-state index contributed by atoms with van der Waals surface area (Å²) in [7, 11) is 6.08. The number of aromatic amines is 1. The van der Waals surface area contributed by atoms with E-state index < -0.39 is 11.7 Å². The van der Waals surface area contributed by atoms with E-state index >= 15 is 0 Å². The fourth-order valence-electron chi connectivity index (χ4n) is 6.00. The van der Waals surface area contributed by atoms with Crippen LogP contribution in [0.1, 0.15) is 40.2 Å². The van der Waals surface area contributed by atoms with Crippen LogP contribution in [-0.2, 0) is 6.18 Å². The van der Waals surface area contributed by atoms with Gasteiger partial charge in [0.25, 0.3) is 5.91 Å². The molecular weight excluding hydrogens is 599 g/mol. The van der Waals surface area contributed by atoms with Gasteiger partial charge in [-0.05, 0) is 61.8 Å². The lowest BCUT2D eigenvalue weighted by Gasteiger charge is -2.28. The SMILES string of the molecule is COc1cc(C(=O)N(C)CC(CCN2CCCN(c3nc4ccccc4[nH]3)CC2)c2cccc(C(F)(F)F)c2)cc(OC)c1OC. The Kier molecular flexibility index (Phi) is 10.3. The van der Waals surface area contributed by atoms with Crippen molar-refractivity contribution in [1.82, 2.24) is 19.8 Å². The van der Waals surface area contributed by atoms with Gasteiger partial charge in [-0.1, -0.05) is 30.3 Å². The first-order valence-corrected chi connectivity index (χ1v) is 15.3. The molecule has 0 saturated carbocycles. The molecule has 0 radical (unpaired) electrons. The maximum atomic E-state index is 13.7. The predicted molar refractivity (Wildman–Crippen MR) is 171 cm³/mol. The van der Waals surface area contributed by atoms with E-state index in [0.29, 0.717) is 41.3 Å². The number of carbonyl (C=O) groups excluding carboxylic acids is 1. The van der Waals surface area contributed by atoms with Crippen molar-refractivity contribution in [3.05, 3.63) is 77.4 Å². The lowest BCUT2D eigenvalue weighted by atomic mass is 9.93. The van der Waals surface area contributed by atoms with E-state index in [4.69, 9.17) is 19.2 Å². The average Bonchev–Trinajstić information content (AvgIpc) is 3.36. The number of methoxy groups -OCH3 is 3. The Morgan fingerprint density at radius 3 is 2.37 bits per heavy atom. The van der Waals surface area contributed by atoms with Gasteiger partial charge in [0, 0.05) is 44.7 Å². The summed E-state index contributed by atoms with van der Waals surface area (Å²) in [6, 6.07) is 16.5. The average molecular weight is 640 g/mol. The number of nitrogens with zero attached hydrogens (tertiary/aromatic N) is 4. The number of amides is 1. The fraction of sp³-hybridized carbons (Fsp3) is 0.412. The van der Waals surface area contributed by atoms with E-state index in [1.807, 2.05) is 24.3 Å². The van der Waals surface area contributed by atoms with Gasteiger partial charge in [-0.2, -0.15) is 13.2 Å². The maximum absolute atomic E-state index is 13.7. The minimum Gasteiger partial charge on any atom is -0.493 e. The number of benzene rings is 3. The third-order valence-electron chi connectivity index (χ3n) is 8.50. The molecule has 9 nitrogen and oxygen atoms in total. The van der Waals surface area contributed by atoms with E-state index in [2.05, 4.69) is 14.8 Å². The Morgan fingerprint density at radius 1 is 0.957 bits per heavy atom. The van der Waals surface area contributed by atoms with E-state index in [1.165, 1.54) is 38.4 Å². The van der Waals surface area contributed by atoms with Crippen LogP contribution in [0.2, 0.25) is 0 Å². The van der Waals surface area contributed by atoms with Gasteiger partial charge in [-0.25, -0.2) is 4.98 Å². The minimum atomic E-state index is -4.47. The van der Waals surface area contributed by atoms with Crippen LogP contribution in [0.25, 0.3) is 11.0 Å². The summed E-state index contributed by atoms with van der Waals surface area (Å²) in [6.45, 7) is 4.14. The molecule has 46 heavy (non-hydrogen) atoms. The highest BCUT2D eigenvalue weighted by molar-refractivity contribution is 5.95. The molecule has 1 amide bonds. The number of hydrogen-bond acceptors (Lipinski definition) is 7. The summed E-state index contributed by atoms with van der Waals surface area (Å²) in [6.07, 6.45) is -2.98. The number of halogens is 3. The molecule has 0 spiro atoms. The van der Waals surface area contributed by atoms with Crippen LogP contribution >= 0.6 is 0 Å². The fourth-order valence-corrected chi connectivity index (χ4v) is 6.00. The number of para-hydroxylation sites is 2. The molecule has 1 fully saturated rings. The number of H-pyrrole nitrogens is 1. The van der Waals surface area contributed by atoms with Gasteiger partial charge in [0.2, 0.25) is 11.7 Å². The Morgan fingerprint density at radius 2 is 1.70 bits per heavy atom. The van der Waals surface area contributed by atoms with Crippen LogP contribution in [0.15, 0.2) is 60.7 Å². The second-order valence-corrected chi connectivity index (χ2v) is 11.5. The summed E-state index contributed by atoms with van der Waals surface area (Å²) in [5.41, 5.74) is 2.07. The Hall–Kier alpha value is -4.45. The summed E-state index contributed by atoms with van der Waals surface area (Å²) >= 11 is 0. The minimum absolute atomic E-state index is 0.218. The number of anilines is 1. The van der Waals surface area contributed by atoms with Crippen molar-refractivity contribution in [1.29, 1.82) is 0 Å². The number of aromatic nitrogens is 2. The molecule has 3 aromatic carbocycles. The molecular formula is C34H40F3N5O4. The number of imidazole rings is 1. The maximum Gasteiger partial charge on any atom is 0.416 e. The zero-order valence-electron chi connectivity index (χ0n) is 26.6. The van der Waals surface area contributed by atoms with Crippen LogP contribution in [0.3, 0.4) is 0 Å². The smallest absolute Gasteiger partial charge is 0.416 e. The van der Waals surface area contributed by atoms with Crippen molar-refractivity contribution in [2.24, 2.45) is 0 Å². The van der Waals surface area contributed by atoms with Crippen LogP contribution in [0.5, 0.6) is 17.2 Å². The van der Waals surface area contributed by atoms with Gasteiger partial charge in [0.05, 0.1) is 37.9 Å². The first-order valence-electron chi connectivity index (χ1n) is 15.3. The van der Waals surface area contributed by atoms with Gasteiger partial charge in [0.15, 0.2) is 11.5 Å². The van der Waals surface area contributed by atoms with E-state index in [-0.39, 0.29) is 18.4 Å². The Labute approximate surface area is 266 Å². The molecule has 1 aromatic heterocycles. The van der Waals surface area contributed by atoms with Crippen LogP contribution in [0, 0.1) is 0 Å². The van der Waals surface area contributed by atoms with E-state index in [1.54, 1.807) is 25.2 Å². The monoisotopic (exact) mass is 639 g/mol. The third-order valence-corrected chi connectivity index (χ3v) is 8.50. The first-order chi connectivity index (χ1) is 22.1. The third kappa shape index (κ3) is 7.50. The van der Waals surface area contributed by atoms with E-state index in [0.717, 1.165) is 55.6 Å². The van der Waals surface area contributed by atoms with Crippen molar-refractivity contribution < 1.29 is 32.2 Å². The summed E-state index contributed by atoms with van der Waals surface area (Å²) in [5.74, 6) is 1.23. The zero-order chi connectivity index (χ0) is 32.8. The number of carbonyl (C=O) groups is 1. The quantitative estimate of drug-likeness (QED) is 0.214. The highest BCUT2D eigenvalue weighted by Crippen LogP contribution is 2.39. The normalized spacial score (nSPS) is 15.0. The molecule has 0 aliphatic carbocycles. The largest absolute Gasteiger partial charge is 0.493 e. The summed E-state index contributed by atoms with van der Waals surface area (Å²) < 4.78 is 57.3.